The number of hydrogen-bond donors (Lipinski definition) is 1. The van der Waals surface area contributed by atoms with E-state index in [2.05, 4.69) is 41.1 Å². The Morgan fingerprint density at radius 1 is 1.38 bits per heavy atom. The number of carbonyl (C=O) groups is 1. The molecule has 0 bridgehead atoms. The first-order valence-electron chi connectivity index (χ1n) is 9.26. The van der Waals surface area contributed by atoms with Crippen LogP contribution < -0.4 is 5.32 Å². The smallest absolute Gasteiger partial charge is 0.234 e. The van der Waals surface area contributed by atoms with Gasteiger partial charge in [-0.1, -0.05) is 31.8 Å². The fourth-order valence-corrected chi connectivity index (χ4v) is 3.32. The number of likely N-dealkylation sites (tertiary alicyclic amines) is 1. The molecule has 1 aromatic rings. The fourth-order valence-electron chi connectivity index (χ4n) is 3.32. The van der Waals surface area contributed by atoms with E-state index in [1.165, 1.54) is 12.8 Å². The second-order valence-electron chi connectivity index (χ2n) is 7.54. The largest absolute Gasteiger partial charge is 0.353 e. The highest BCUT2D eigenvalue weighted by molar-refractivity contribution is 5.78. The molecule has 6 heteroatoms. The third-order valence-corrected chi connectivity index (χ3v) is 4.61. The van der Waals surface area contributed by atoms with E-state index in [-0.39, 0.29) is 17.9 Å². The number of aryl methyl sites for hydroxylation is 1. The van der Waals surface area contributed by atoms with Crippen molar-refractivity contribution in [3.8, 4) is 0 Å². The lowest BCUT2D eigenvalue weighted by Crippen LogP contribution is -2.44. The first-order chi connectivity index (χ1) is 11.4. The molecular formula is C18H32N4O2. The molecule has 136 valence electrons. The zero-order valence-electron chi connectivity index (χ0n) is 15.5. The molecule has 0 saturated carbocycles. The average Bonchev–Trinajstić information content (AvgIpc) is 2.93. The molecule has 24 heavy (non-hydrogen) atoms. The Hall–Kier alpha value is -1.43. The summed E-state index contributed by atoms with van der Waals surface area (Å²) in [7, 11) is 0. The maximum Gasteiger partial charge on any atom is 0.234 e. The summed E-state index contributed by atoms with van der Waals surface area (Å²) < 4.78 is 5.08. The van der Waals surface area contributed by atoms with Crippen molar-refractivity contribution in [3.05, 3.63) is 11.7 Å². The van der Waals surface area contributed by atoms with Crippen LogP contribution in [0, 0.1) is 12.8 Å². The summed E-state index contributed by atoms with van der Waals surface area (Å²) in [5.41, 5.74) is 0. The third-order valence-electron chi connectivity index (χ3n) is 4.61. The van der Waals surface area contributed by atoms with Crippen molar-refractivity contribution < 1.29 is 9.32 Å². The van der Waals surface area contributed by atoms with Crippen molar-refractivity contribution in [1.29, 1.82) is 0 Å². The highest BCUT2D eigenvalue weighted by Crippen LogP contribution is 2.24. The summed E-state index contributed by atoms with van der Waals surface area (Å²) in [6.45, 7) is 10.6. The predicted octanol–water partition coefficient (Wildman–Crippen LogP) is 2.89. The molecule has 1 aliphatic heterocycles. The number of nitrogens with zero attached hydrogens (tertiary/aromatic N) is 3. The molecule has 0 aliphatic carbocycles. The number of amides is 1. The van der Waals surface area contributed by atoms with Gasteiger partial charge in [0.1, 0.15) is 0 Å². The summed E-state index contributed by atoms with van der Waals surface area (Å²) in [4.78, 5) is 18.8. The van der Waals surface area contributed by atoms with Gasteiger partial charge >= 0.3 is 0 Å². The van der Waals surface area contributed by atoms with E-state index in [1.54, 1.807) is 0 Å². The summed E-state index contributed by atoms with van der Waals surface area (Å²) in [5.74, 6) is 2.51. The minimum Gasteiger partial charge on any atom is -0.353 e. The Balaban J connectivity index is 1.73. The van der Waals surface area contributed by atoms with Crippen LogP contribution in [0.2, 0.25) is 0 Å². The molecule has 1 N–H and O–H groups in total. The standard InChI is InChI=1S/C18H32N4O2/c1-13(2)7-5-8-14(3)19-17(23)12-22-10-6-9-16(11-22)18-20-15(4)24-21-18/h13-14,16H,5-12H2,1-4H3,(H,19,23)/t14-,16-/m0/s1. The second kappa shape index (κ2) is 9.16. The van der Waals surface area contributed by atoms with E-state index in [4.69, 9.17) is 4.52 Å². The first-order valence-corrected chi connectivity index (χ1v) is 9.26. The molecule has 1 aliphatic rings. The Labute approximate surface area is 145 Å². The first kappa shape index (κ1) is 18.9. The number of carbonyl (C=O) groups excluding carboxylic acids is 1. The molecule has 6 nitrogen and oxygen atoms in total. The molecule has 1 aromatic heterocycles. The van der Waals surface area contributed by atoms with Gasteiger partial charge in [-0.25, -0.2) is 0 Å². The maximum absolute atomic E-state index is 12.3. The average molecular weight is 336 g/mol. The van der Waals surface area contributed by atoms with E-state index >= 15 is 0 Å². The molecule has 1 saturated heterocycles. The highest BCUT2D eigenvalue weighted by atomic mass is 16.5. The lowest BCUT2D eigenvalue weighted by molar-refractivity contribution is -0.123. The molecule has 0 unspecified atom stereocenters. The molecule has 0 radical (unpaired) electrons. The lowest BCUT2D eigenvalue weighted by Gasteiger charge is -2.31. The fraction of sp³-hybridized carbons (Fsp3) is 0.833. The third kappa shape index (κ3) is 6.23. The zero-order valence-corrected chi connectivity index (χ0v) is 15.5. The number of piperidine rings is 1. The molecule has 2 rings (SSSR count). The van der Waals surface area contributed by atoms with Crippen LogP contribution in [0.5, 0.6) is 0 Å². The van der Waals surface area contributed by atoms with Crippen molar-refractivity contribution in [2.75, 3.05) is 19.6 Å². The van der Waals surface area contributed by atoms with Gasteiger partial charge in [-0.05, 0) is 38.6 Å². The Morgan fingerprint density at radius 2 is 2.17 bits per heavy atom. The van der Waals surface area contributed by atoms with Gasteiger partial charge in [0.05, 0.1) is 6.54 Å². The van der Waals surface area contributed by atoms with Gasteiger partial charge < -0.3 is 9.84 Å². The Kier molecular flexibility index (Phi) is 7.21. The Bertz CT molecular complexity index is 515. The molecule has 2 atom stereocenters. The van der Waals surface area contributed by atoms with Gasteiger partial charge in [0.15, 0.2) is 5.82 Å². The van der Waals surface area contributed by atoms with Crippen LogP contribution in [0.4, 0.5) is 0 Å². The predicted molar refractivity (Wildman–Crippen MR) is 93.7 cm³/mol. The minimum atomic E-state index is 0.122. The van der Waals surface area contributed by atoms with Crippen LogP contribution in [-0.4, -0.2) is 46.6 Å². The van der Waals surface area contributed by atoms with Gasteiger partial charge in [0.25, 0.3) is 0 Å². The van der Waals surface area contributed by atoms with Crippen LogP contribution >= 0.6 is 0 Å². The normalized spacial score (nSPS) is 20.3. The molecule has 0 spiro atoms. The Morgan fingerprint density at radius 3 is 2.83 bits per heavy atom. The van der Waals surface area contributed by atoms with Crippen LogP contribution in [-0.2, 0) is 4.79 Å². The van der Waals surface area contributed by atoms with E-state index in [9.17, 15) is 4.79 Å². The van der Waals surface area contributed by atoms with E-state index in [0.29, 0.717) is 12.4 Å². The maximum atomic E-state index is 12.3. The topological polar surface area (TPSA) is 71.3 Å². The number of aromatic nitrogens is 2. The van der Waals surface area contributed by atoms with Crippen molar-refractivity contribution in [3.63, 3.8) is 0 Å². The van der Waals surface area contributed by atoms with Crippen LogP contribution in [0.15, 0.2) is 4.52 Å². The van der Waals surface area contributed by atoms with Crippen molar-refractivity contribution in [2.24, 2.45) is 5.92 Å². The second-order valence-corrected chi connectivity index (χ2v) is 7.54. The summed E-state index contributed by atoms with van der Waals surface area (Å²) in [6.07, 6.45) is 5.56. The van der Waals surface area contributed by atoms with Crippen molar-refractivity contribution >= 4 is 5.91 Å². The summed E-state index contributed by atoms with van der Waals surface area (Å²) >= 11 is 0. The lowest BCUT2D eigenvalue weighted by atomic mass is 9.97. The zero-order chi connectivity index (χ0) is 17.5. The van der Waals surface area contributed by atoms with E-state index in [0.717, 1.165) is 44.1 Å². The van der Waals surface area contributed by atoms with Crippen LogP contribution in [0.1, 0.15) is 70.5 Å². The quantitative estimate of drug-likeness (QED) is 0.790. The molecule has 1 fully saturated rings. The van der Waals surface area contributed by atoms with Crippen molar-refractivity contribution in [2.45, 2.75) is 71.8 Å². The monoisotopic (exact) mass is 336 g/mol. The molecule has 2 heterocycles. The van der Waals surface area contributed by atoms with Crippen LogP contribution in [0.25, 0.3) is 0 Å². The van der Waals surface area contributed by atoms with E-state index < -0.39 is 0 Å². The number of hydrogen-bond acceptors (Lipinski definition) is 5. The van der Waals surface area contributed by atoms with Gasteiger partial charge in [-0.3, -0.25) is 9.69 Å². The molecule has 0 aromatic carbocycles. The highest BCUT2D eigenvalue weighted by Gasteiger charge is 2.26. The SMILES string of the molecule is Cc1nc([C@H]2CCCN(CC(=O)N[C@@H](C)CCCC(C)C)C2)no1. The van der Waals surface area contributed by atoms with Crippen LogP contribution in [0.3, 0.4) is 0 Å². The van der Waals surface area contributed by atoms with Gasteiger partial charge in [-0.15, -0.1) is 0 Å². The van der Waals surface area contributed by atoms with Gasteiger partial charge in [0.2, 0.25) is 11.8 Å². The molecule has 1 amide bonds. The summed E-state index contributed by atoms with van der Waals surface area (Å²) in [5, 5.41) is 7.17. The van der Waals surface area contributed by atoms with E-state index in [1.807, 2.05) is 6.92 Å². The summed E-state index contributed by atoms with van der Waals surface area (Å²) in [6, 6.07) is 0.247. The van der Waals surface area contributed by atoms with Gasteiger partial charge in [0, 0.05) is 25.4 Å². The minimum absolute atomic E-state index is 0.122. The van der Waals surface area contributed by atoms with Gasteiger partial charge in [-0.2, -0.15) is 4.98 Å². The van der Waals surface area contributed by atoms with Crippen molar-refractivity contribution in [1.82, 2.24) is 20.4 Å². The number of rotatable bonds is 8. The molecular weight excluding hydrogens is 304 g/mol. The number of nitrogens with one attached hydrogen (secondary N) is 1.